The molecule has 2 radical (unpaired) electrons. The van der Waals surface area contributed by atoms with Crippen LogP contribution in [0.25, 0.3) is 0 Å². The molecule has 0 spiro atoms. The summed E-state index contributed by atoms with van der Waals surface area (Å²) >= 11 is 0. The Bertz CT molecular complexity index is 75.2. The summed E-state index contributed by atoms with van der Waals surface area (Å²) in [7, 11) is 0. The number of nitrogens with zero attached hydrogens (tertiary/aromatic N) is 1. The molecule has 0 aromatic carbocycles. The normalized spacial score (nSPS) is 42.7. The molecule has 1 nitrogen and oxygen atoms in total. The molecule has 3 rings (SSSR count). The molecule has 1 heteroatoms. The maximum atomic E-state index is 2.56. The summed E-state index contributed by atoms with van der Waals surface area (Å²) in [6.45, 7) is 3.98. The first kappa shape index (κ1) is 5.72. The van der Waals surface area contributed by atoms with E-state index < -0.39 is 0 Å². The number of rotatable bonds is 0. The lowest BCUT2D eigenvalue weighted by atomic mass is 9.96. The summed E-state index contributed by atoms with van der Waals surface area (Å²) in [4.78, 5) is 2.56. The van der Waals surface area contributed by atoms with E-state index in [0.29, 0.717) is 0 Å². The first-order chi connectivity index (χ1) is 4.45. The van der Waals surface area contributed by atoms with Gasteiger partial charge in [0, 0.05) is 19.3 Å². The molecule has 3 aliphatic heterocycles. The van der Waals surface area contributed by atoms with Gasteiger partial charge in [0.1, 0.15) is 19.6 Å². The Hall–Kier alpha value is -0.0400. The van der Waals surface area contributed by atoms with Crippen molar-refractivity contribution in [1.82, 2.24) is 4.90 Å². The van der Waals surface area contributed by atoms with Crippen molar-refractivity contribution in [3.05, 3.63) is 6.42 Å². The van der Waals surface area contributed by atoms with Crippen LogP contribution in [0.1, 0.15) is 19.3 Å². The summed E-state index contributed by atoms with van der Waals surface area (Å²) in [5, 5.41) is 0. The van der Waals surface area contributed by atoms with Crippen molar-refractivity contribution in [3.63, 3.8) is 0 Å². The largest absolute Gasteiger partial charge is 0.170 e. The van der Waals surface area contributed by atoms with Gasteiger partial charge < -0.3 is 0 Å². The minimum absolute atomic E-state index is 0.976. The van der Waals surface area contributed by atoms with Gasteiger partial charge in [-0.15, -0.1) is 0 Å². The third kappa shape index (κ3) is 1.11. The summed E-state index contributed by atoms with van der Waals surface area (Å²) in [5.41, 5.74) is 0. The highest BCUT2D eigenvalue weighted by atomic mass is 15.1. The van der Waals surface area contributed by atoms with Crippen LogP contribution in [-0.2, 0) is 0 Å². The fraction of sp³-hybridized carbons (Fsp3) is 0.875. The van der Waals surface area contributed by atoms with Gasteiger partial charge in [0.15, 0.2) is 0 Å². The maximum Gasteiger partial charge on any atom is 0.126 e. The molecule has 0 N–H and O–H groups in total. The maximum absolute atomic E-state index is 2.56. The van der Waals surface area contributed by atoms with Gasteiger partial charge in [0.2, 0.25) is 0 Å². The molecule has 0 aromatic rings. The summed E-state index contributed by atoms with van der Waals surface area (Å²) in [5.74, 6) is 0.976. The van der Waals surface area contributed by atoms with E-state index in [-0.39, 0.29) is 0 Å². The average Bonchev–Trinajstić information content (AvgIpc) is 2.21. The molecule has 3 saturated heterocycles. The first-order valence-electron chi connectivity index (χ1n) is 4.01. The molecule has 0 amide bonds. The van der Waals surface area contributed by atoms with Crippen LogP contribution in [0.3, 0.4) is 0 Å². The quantitative estimate of drug-likeness (QED) is 0.427. The Balaban J connectivity index is 2.03. The van der Waals surface area contributed by atoms with Gasteiger partial charge in [-0.05, 0) is 12.3 Å². The molecule has 3 heterocycles. The minimum Gasteiger partial charge on any atom is -0.170 e. The van der Waals surface area contributed by atoms with Crippen molar-refractivity contribution >= 4 is 0 Å². The highest BCUT2D eigenvalue weighted by Crippen LogP contribution is 2.23. The van der Waals surface area contributed by atoms with E-state index in [4.69, 9.17) is 0 Å². The summed E-state index contributed by atoms with van der Waals surface area (Å²) in [6, 6.07) is 0. The van der Waals surface area contributed by atoms with Crippen molar-refractivity contribution in [2.24, 2.45) is 5.92 Å². The van der Waals surface area contributed by atoms with Crippen molar-refractivity contribution in [1.29, 1.82) is 0 Å². The minimum atomic E-state index is 0.976. The van der Waals surface area contributed by atoms with Crippen molar-refractivity contribution < 1.29 is 0 Å². The number of piperidine rings is 1. The molecule has 2 atom stereocenters. The number of fused-ring (bicyclic) bond motifs is 4. The monoisotopic (exact) mass is 124 g/mol. The Morgan fingerprint density at radius 3 is 3.00 bits per heavy atom. The first-order valence-corrected chi connectivity index (χ1v) is 4.01. The number of hydrogen-bond donors (Lipinski definition) is 0. The third-order valence-corrected chi connectivity index (χ3v) is 2.56. The van der Waals surface area contributed by atoms with E-state index in [1.54, 1.807) is 0 Å². The molecule has 0 saturated carbocycles. The van der Waals surface area contributed by atoms with E-state index in [9.17, 15) is 0 Å². The van der Waals surface area contributed by atoms with E-state index in [2.05, 4.69) is 11.3 Å². The second kappa shape index (κ2) is 2.30. The van der Waals surface area contributed by atoms with Crippen molar-refractivity contribution in [2.45, 2.75) is 19.3 Å². The molecular weight excluding hydrogens is 110 g/mol. The predicted octanol–water partition coefficient (Wildman–Crippen LogP) is 1.14. The van der Waals surface area contributed by atoms with Gasteiger partial charge in [-0.1, -0.05) is 0 Å². The zero-order valence-electron chi connectivity index (χ0n) is 5.84. The van der Waals surface area contributed by atoms with Gasteiger partial charge in [0.25, 0.3) is 0 Å². The van der Waals surface area contributed by atoms with E-state index in [1.807, 2.05) is 0 Å². The van der Waals surface area contributed by atoms with Gasteiger partial charge >= 0.3 is 0 Å². The zero-order chi connectivity index (χ0) is 6.10. The van der Waals surface area contributed by atoms with Crippen LogP contribution in [0, 0.1) is 12.3 Å². The topological polar surface area (TPSA) is 5.90 Å². The fourth-order valence-electron chi connectivity index (χ4n) is 1.90. The molecule has 2 unspecified atom stereocenters. The third-order valence-electron chi connectivity index (χ3n) is 2.56. The summed E-state index contributed by atoms with van der Waals surface area (Å²) < 4.78 is 0. The molecule has 0 aliphatic carbocycles. The Morgan fingerprint density at radius 2 is 2.22 bits per heavy atom. The molecule has 0 aromatic heterocycles. The van der Waals surface area contributed by atoms with Crippen molar-refractivity contribution in [3.8, 4) is 0 Å². The van der Waals surface area contributed by atoms with Gasteiger partial charge in [-0.3, -0.25) is 0 Å². The predicted molar refractivity (Wildman–Crippen MR) is 38.4 cm³/mol. The van der Waals surface area contributed by atoms with E-state index in [0.717, 1.165) is 5.92 Å². The van der Waals surface area contributed by atoms with Crippen LogP contribution < -0.4 is 4.90 Å². The zero-order valence-corrected chi connectivity index (χ0v) is 5.84. The van der Waals surface area contributed by atoms with Gasteiger partial charge in [0.05, 0.1) is 0 Å². The lowest BCUT2D eigenvalue weighted by molar-refractivity contribution is 0.382. The van der Waals surface area contributed by atoms with Crippen molar-refractivity contribution in [2.75, 3.05) is 19.6 Å². The SMILES string of the molecule is [CH]1C[N+]2CCCC1CC2. The van der Waals surface area contributed by atoms with Crippen LogP contribution in [0.4, 0.5) is 0 Å². The lowest BCUT2D eigenvalue weighted by Crippen LogP contribution is -2.36. The Kier molecular flexibility index (Phi) is 1.46. The van der Waals surface area contributed by atoms with Crippen LogP contribution in [-0.4, -0.2) is 19.6 Å². The highest BCUT2D eigenvalue weighted by Gasteiger charge is 2.29. The molecule has 2 bridgehead atoms. The lowest BCUT2D eigenvalue weighted by Gasteiger charge is -2.17. The van der Waals surface area contributed by atoms with Crippen LogP contribution >= 0.6 is 0 Å². The summed E-state index contributed by atoms with van der Waals surface area (Å²) in [6.07, 6.45) is 6.81. The molecule has 50 valence electrons. The average molecular weight is 124 g/mol. The molecule has 9 heavy (non-hydrogen) atoms. The smallest absolute Gasteiger partial charge is 0.126 e. The fourth-order valence-corrected chi connectivity index (χ4v) is 1.90. The van der Waals surface area contributed by atoms with E-state index >= 15 is 0 Å². The van der Waals surface area contributed by atoms with Gasteiger partial charge in [-0.25, -0.2) is 0 Å². The number of hydrogen-bond acceptors (Lipinski definition) is 1. The second-order valence-electron chi connectivity index (χ2n) is 3.23. The Morgan fingerprint density at radius 1 is 1.22 bits per heavy atom. The second-order valence-corrected chi connectivity index (χ2v) is 3.23. The Labute approximate surface area is 57.0 Å². The van der Waals surface area contributed by atoms with E-state index in [1.165, 1.54) is 38.9 Å². The highest BCUT2D eigenvalue weighted by molar-refractivity contribution is 4.91. The molecular formula is C8H14N+. The van der Waals surface area contributed by atoms with Crippen LogP contribution in [0.15, 0.2) is 0 Å². The molecule has 3 aliphatic rings. The standard InChI is InChI=1S/C8H14N/c1-2-8-3-6-9(5-1)7-4-8/h3,8H,1-2,4-7H2/q+1. The molecule has 3 fully saturated rings. The van der Waals surface area contributed by atoms with Crippen LogP contribution in [0.2, 0.25) is 0 Å². The van der Waals surface area contributed by atoms with Gasteiger partial charge in [-0.2, -0.15) is 4.90 Å². The van der Waals surface area contributed by atoms with Crippen LogP contribution in [0.5, 0.6) is 0 Å².